The summed E-state index contributed by atoms with van der Waals surface area (Å²) in [5.74, 6) is -2.60. The van der Waals surface area contributed by atoms with Crippen LogP contribution in [-0.2, 0) is 9.59 Å². The molecule has 4 aromatic carbocycles. The second-order valence-corrected chi connectivity index (χ2v) is 11.4. The molecule has 0 saturated heterocycles. The van der Waals surface area contributed by atoms with Gasteiger partial charge in [-0.15, -0.1) is 11.8 Å². The van der Waals surface area contributed by atoms with Crippen molar-refractivity contribution < 1.29 is 24.3 Å². The van der Waals surface area contributed by atoms with Gasteiger partial charge in [0.2, 0.25) is 5.91 Å². The number of anilines is 2. The normalized spacial score (nSPS) is 11.7. The van der Waals surface area contributed by atoms with Crippen LogP contribution in [0.5, 0.6) is 0 Å². The van der Waals surface area contributed by atoms with Crippen molar-refractivity contribution >= 4 is 76.1 Å². The minimum absolute atomic E-state index is 0.0172. The molecule has 0 aromatic heterocycles. The van der Waals surface area contributed by atoms with Crippen LogP contribution in [0, 0.1) is 0 Å². The van der Waals surface area contributed by atoms with E-state index in [9.17, 15) is 24.3 Å². The van der Waals surface area contributed by atoms with E-state index in [4.69, 9.17) is 23.2 Å². The molecule has 0 spiro atoms. The fourth-order valence-electron chi connectivity index (χ4n) is 3.80. The topological polar surface area (TPSA) is 125 Å². The molecule has 11 heteroatoms. The minimum atomic E-state index is -1.20. The first kappa shape index (κ1) is 31.4. The molecular formula is C32H25Cl2N3O5S. The maximum atomic E-state index is 13.4. The Morgan fingerprint density at radius 2 is 1.49 bits per heavy atom. The zero-order chi connectivity index (χ0) is 30.9. The molecule has 4 N–H and O–H groups in total. The Morgan fingerprint density at radius 3 is 2.21 bits per heavy atom. The van der Waals surface area contributed by atoms with Gasteiger partial charge in [0.05, 0.1) is 15.8 Å². The number of carboxylic acid groups (broad SMARTS) is 1. The van der Waals surface area contributed by atoms with Crippen LogP contribution in [0.1, 0.15) is 33.2 Å². The highest BCUT2D eigenvalue weighted by Gasteiger charge is 2.19. The van der Waals surface area contributed by atoms with Gasteiger partial charge in [0.15, 0.2) is 0 Å². The second-order valence-electron chi connectivity index (χ2n) is 9.13. The zero-order valence-electron chi connectivity index (χ0n) is 22.6. The van der Waals surface area contributed by atoms with Crippen molar-refractivity contribution in [2.24, 2.45) is 0 Å². The SMILES string of the molecule is CC(Sc1cccc(NC(=O)/C(=C\c2ccccc2Cl)NC(=O)c2ccccc2)c1)C(=O)Nc1ccc(Cl)c(C(=O)O)c1. The molecule has 218 valence electrons. The number of thioether (sulfide) groups is 1. The first-order chi connectivity index (χ1) is 20.6. The van der Waals surface area contributed by atoms with Crippen LogP contribution < -0.4 is 16.0 Å². The maximum absolute atomic E-state index is 13.4. The van der Waals surface area contributed by atoms with Crippen molar-refractivity contribution in [3.63, 3.8) is 0 Å². The average molecular weight is 635 g/mol. The molecular weight excluding hydrogens is 609 g/mol. The molecule has 0 radical (unpaired) electrons. The predicted octanol–water partition coefficient (Wildman–Crippen LogP) is 7.22. The Balaban J connectivity index is 1.48. The number of carboxylic acids is 1. The third-order valence-electron chi connectivity index (χ3n) is 5.97. The predicted molar refractivity (Wildman–Crippen MR) is 171 cm³/mol. The molecule has 4 rings (SSSR count). The van der Waals surface area contributed by atoms with Gasteiger partial charge in [-0.3, -0.25) is 14.4 Å². The number of carbonyl (C=O) groups excluding carboxylic acids is 3. The Morgan fingerprint density at radius 1 is 0.791 bits per heavy atom. The average Bonchev–Trinajstić information content (AvgIpc) is 2.99. The van der Waals surface area contributed by atoms with E-state index in [-0.39, 0.29) is 22.2 Å². The monoisotopic (exact) mass is 633 g/mol. The lowest BCUT2D eigenvalue weighted by Crippen LogP contribution is -2.30. The molecule has 8 nitrogen and oxygen atoms in total. The van der Waals surface area contributed by atoms with Gasteiger partial charge in [-0.05, 0) is 73.2 Å². The van der Waals surface area contributed by atoms with E-state index in [0.29, 0.717) is 32.4 Å². The lowest BCUT2D eigenvalue weighted by molar-refractivity contribution is -0.115. The Bertz CT molecular complexity index is 1710. The molecule has 4 aromatic rings. The molecule has 0 aliphatic heterocycles. The number of aromatic carboxylic acids is 1. The van der Waals surface area contributed by atoms with E-state index < -0.39 is 23.0 Å². The number of amides is 3. The quantitative estimate of drug-likeness (QED) is 0.108. The van der Waals surface area contributed by atoms with E-state index in [2.05, 4.69) is 16.0 Å². The number of hydrogen-bond donors (Lipinski definition) is 4. The summed E-state index contributed by atoms with van der Waals surface area (Å²) in [6, 6.07) is 26.5. The number of benzene rings is 4. The van der Waals surface area contributed by atoms with Crippen molar-refractivity contribution in [3.05, 3.63) is 129 Å². The minimum Gasteiger partial charge on any atom is -0.478 e. The van der Waals surface area contributed by atoms with Gasteiger partial charge in [-0.2, -0.15) is 0 Å². The highest BCUT2D eigenvalue weighted by atomic mass is 35.5. The lowest BCUT2D eigenvalue weighted by Gasteiger charge is -2.14. The summed E-state index contributed by atoms with van der Waals surface area (Å²) in [6.07, 6.45) is 1.50. The van der Waals surface area contributed by atoms with Crippen molar-refractivity contribution in [3.8, 4) is 0 Å². The molecule has 1 unspecified atom stereocenters. The summed E-state index contributed by atoms with van der Waals surface area (Å²) in [5.41, 5.74) is 1.52. The van der Waals surface area contributed by atoms with Gasteiger partial charge in [0, 0.05) is 26.9 Å². The number of carbonyl (C=O) groups is 4. The summed E-state index contributed by atoms with van der Waals surface area (Å²) in [5, 5.41) is 17.3. The summed E-state index contributed by atoms with van der Waals surface area (Å²) in [6.45, 7) is 1.70. The van der Waals surface area contributed by atoms with E-state index in [0.717, 1.165) is 0 Å². The molecule has 0 fully saturated rings. The summed E-state index contributed by atoms with van der Waals surface area (Å²) in [7, 11) is 0. The van der Waals surface area contributed by atoms with Gasteiger partial charge in [-0.1, -0.05) is 65.7 Å². The van der Waals surface area contributed by atoms with Crippen LogP contribution >= 0.6 is 35.0 Å². The molecule has 0 aliphatic rings. The number of rotatable bonds is 10. The third-order valence-corrected chi connectivity index (χ3v) is 7.74. The number of nitrogens with one attached hydrogen (secondary N) is 3. The standard InChI is InChI=1S/C32H25Cl2N3O5S/c1-19(29(38)35-23-14-15-27(34)25(18-23)32(41)42)43-24-12-7-11-22(17-24)36-31(40)28(16-21-10-5-6-13-26(21)33)37-30(39)20-8-3-2-4-9-20/h2-19H,1H3,(H,35,38)(H,36,40)(H,37,39)(H,41,42)/b28-16+. The van der Waals surface area contributed by atoms with Crippen molar-refractivity contribution in [1.82, 2.24) is 5.32 Å². The molecule has 43 heavy (non-hydrogen) atoms. The highest BCUT2D eigenvalue weighted by molar-refractivity contribution is 8.00. The summed E-state index contributed by atoms with van der Waals surface area (Å²) < 4.78 is 0. The van der Waals surface area contributed by atoms with Crippen molar-refractivity contribution in [1.29, 1.82) is 0 Å². The Kier molecular flexibility index (Phi) is 10.6. The molecule has 0 aliphatic carbocycles. The van der Waals surface area contributed by atoms with Crippen LogP contribution in [-0.4, -0.2) is 34.0 Å². The van der Waals surface area contributed by atoms with Crippen LogP contribution in [0.2, 0.25) is 10.0 Å². The lowest BCUT2D eigenvalue weighted by atomic mass is 10.1. The van der Waals surface area contributed by atoms with Crippen molar-refractivity contribution in [2.75, 3.05) is 10.6 Å². The second kappa shape index (κ2) is 14.6. The number of hydrogen-bond acceptors (Lipinski definition) is 5. The van der Waals surface area contributed by atoms with E-state index in [1.54, 1.807) is 85.8 Å². The fourth-order valence-corrected chi connectivity index (χ4v) is 5.12. The highest BCUT2D eigenvalue weighted by Crippen LogP contribution is 2.28. The zero-order valence-corrected chi connectivity index (χ0v) is 25.0. The summed E-state index contributed by atoms with van der Waals surface area (Å²) >= 11 is 13.5. The first-order valence-electron chi connectivity index (χ1n) is 12.8. The largest absolute Gasteiger partial charge is 0.478 e. The Hall–Kier alpha value is -4.57. The smallest absolute Gasteiger partial charge is 0.337 e. The first-order valence-corrected chi connectivity index (χ1v) is 14.5. The van der Waals surface area contributed by atoms with Crippen LogP contribution in [0.25, 0.3) is 6.08 Å². The fraction of sp³-hybridized carbons (Fsp3) is 0.0625. The molecule has 3 amide bonds. The van der Waals surface area contributed by atoms with E-state index >= 15 is 0 Å². The van der Waals surface area contributed by atoms with Gasteiger partial charge in [0.1, 0.15) is 5.70 Å². The Labute approximate surface area is 262 Å². The van der Waals surface area contributed by atoms with Crippen LogP contribution in [0.15, 0.2) is 108 Å². The van der Waals surface area contributed by atoms with E-state index in [1.165, 1.54) is 36.0 Å². The van der Waals surface area contributed by atoms with Gasteiger partial charge < -0.3 is 21.1 Å². The van der Waals surface area contributed by atoms with Crippen LogP contribution in [0.4, 0.5) is 11.4 Å². The van der Waals surface area contributed by atoms with E-state index in [1.807, 2.05) is 0 Å². The molecule has 0 saturated carbocycles. The molecule has 0 bridgehead atoms. The van der Waals surface area contributed by atoms with Gasteiger partial charge >= 0.3 is 5.97 Å². The summed E-state index contributed by atoms with van der Waals surface area (Å²) in [4.78, 5) is 51.1. The number of halogens is 2. The van der Waals surface area contributed by atoms with Gasteiger partial charge in [-0.25, -0.2) is 4.79 Å². The maximum Gasteiger partial charge on any atom is 0.337 e. The molecule has 0 heterocycles. The third kappa shape index (κ3) is 8.71. The van der Waals surface area contributed by atoms with Crippen LogP contribution in [0.3, 0.4) is 0 Å². The van der Waals surface area contributed by atoms with Gasteiger partial charge in [0.25, 0.3) is 11.8 Å². The molecule has 1 atom stereocenters. The van der Waals surface area contributed by atoms with Crippen molar-refractivity contribution in [2.45, 2.75) is 17.1 Å².